The van der Waals surface area contributed by atoms with Crippen LogP contribution >= 0.6 is 11.6 Å². The molecule has 1 amide bonds. The summed E-state index contributed by atoms with van der Waals surface area (Å²) in [6.07, 6.45) is 0.632. The average Bonchev–Trinajstić information content (AvgIpc) is 2.56. The molecule has 7 heteroatoms. The lowest BCUT2D eigenvalue weighted by atomic mass is 10.1. The number of hydrogen-bond acceptors (Lipinski definition) is 3. The molecule has 0 heterocycles. The first-order chi connectivity index (χ1) is 12.2. The zero-order valence-corrected chi connectivity index (χ0v) is 16.4. The number of halogens is 1. The fourth-order valence-corrected chi connectivity index (χ4v) is 4.05. The molecular formula is C19H23ClN2O3S. The van der Waals surface area contributed by atoms with Gasteiger partial charge in [0.05, 0.1) is 11.7 Å². The molecule has 2 aromatic rings. The van der Waals surface area contributed by atoms with E-state index in [0.29, 0.717) is 23.7 Å². The molecule has 0 aliphatic carbocycles. The first-order valence-corrected chi connectivity index (χ1v) is 10.4. The van der Waals surface area contributed by atoms with Crippen molar-refractivity contribution in [1.29, 1.82) is 0 Å². The van der Waals surface area contributed by atoms with Gasteiger partial charge in [-0.25, -0.2) is 8.42 Å². The monoisotopic (exact) mass is 394 g/mol. The Morgan fingerprint density at radius 1 is 1.15 bits per heavy atom. The molecule has 0 saturated carbocycles. The second-order valence-corrected chi connectivity index (χ2v) is 8.52. The Morgan fingerprint density at radius 2 is 1.85 bits per heavy atom. The van der Waals surface area contributed by atoms with E-state index in [1.165, 1.54) is 0 Å². The Morgan fingerprint density at radius 3 is 2.50 bits per heavy atom. The lowest BCUT2D eigenvalue weighted by Gasteiger charge is -2.14. The molecule has 5 nitrogen and oxygen atoms in total. The maximum Gasteiger partial charge on any atom is 0.233 e. The molecule has 0 aliphatic rings. The van der Waals surface area contributed by atoms with Crippen LogP contribution in [-0.4, -0.2) is 26.6 Å². The van der Waals surface area contributed by atoms with Crippen molar-refractivity contribution in [2.24, 2.45) is 5.92 Å². The van der Waals surface area contributed by atoms with Gasteiger partial charge in [-0.05, 0) is 43.2 Å². The largest absolute Gasteiger partial charge is 0.356 e. The summed E-state index contributed by atoms with van der Waals surface area (Å²) in [5.41, 5.74) is 2.55. The van der Waals surface area contributed by atoms with Crippen LogP contribution in [0.2, 0.25) is 5.02 Å². The topological polar surface area (TPSA) is 75.3 Å². The van der Waals surface area contributed by atoms with E-state index in [1.54, 1.807) is 25.1 Å². The minimum atomic E-state index is -3.60. The van der Waals surface area contributed by atoms with E-state index in [-0.39, 0.29) is 11.7 Å². The van der Waals surface area contributed by atoms with E-state index in [4.69, 9.17) is 11.6 Å². The molecule has 1 unspecified atom stereocenters. The van der Waals surface area contributed by atoms with E-state index in [9.17, 15) is 13.2 Å². The van der Waals surface area contributed by atoms with Crippen molar-refractivity contribution in [3.05, 3.63) is 64.7 Å². The molecule has 0 radical (unpaired) electrons. The lowest BCUT2D eigenvalue weighted by Crippen LogP contribution is -2.35. The fraction of sp³-hybridized carbons (Fsp3) is 0.316. The Labute approximate surface area is 159 Å². The van der Waals surface area contributed by atoms with Crippen LogP contribution in [0.1, 0.15) is 18.1 Å². The molecule has 0 saturated heterocycles. The molecule has 1 atom stereocenters. The summed E-state index contributed by atoms with van der Waals surface area (Å²) in [5.74, 6) is -1.22. The molecule has 26 heavy (non-hydrogen) atoms. The Kier molecular flexibility index (Phi) is 7.06. The molecule has 2 rings (SSSR count). The van der Waals surface area contributed by atoms with Crippen molar-refractivity contribution >= 4 is 33.2 Å². The van der Waals surface area contributed by atoms with Gasteiger partial charge in [0, 0.05) is 17.3 Å². The van der Waals surface area contributed by atoms with Crippen LogP contribution in [0.15, 0.2) is 48.5 Å². The van der Waals surface area contributed by atoms with Crippen LogP contribution in [0, 0.1) is 12.8 Å². The SMILES string of the molecule is Cc1ccc(NS(=O)(=O)CC(C)C(=O)NCCc2cccc(Cl)c2)cc1. The van der Waals surface area contributed by atoms with E-state index in [0.717, 1.165) is 11.1 Å². The van der Waals surface area contributed by atoms with Gasteiger partial charge >= 0.3 is 0 Å². The molecular weight excluding hydrogens is 372 g/mol. The third kappa shape index (κ3) is 6.69. The molecule has 0 aliphatic heterocycles. The number of nitrogens with one attached hydrogen (secondary N) is 2. The maximum absolute atomic E-state index is 12.2. The highest BCUT2D eigenvalue weighted by Crippen LogP contribution is 2.13. The van der Waals surface area contributed by atoms with Crippen molar-refractivity contribution < 1.29 is 13.2 Å². The number of carbonyl (C=O) groups is 1. The number of aryl methyl sites for hydroxylation is 1. The molecule has 0 spiro atoms. The Balaban J connectivity index is 1.82. The van der Waals surface area contributed by atoms with Gasteiger partial charge in [-0.2, -0.15) is 0 Å². The number of rotatable bonds is 8. The highest BCUT2D eigenvalue weighted by atomic mass is 35.5. The second kappa shape index (κ2) is 9.05. The van der Waals surface area contributed by atoms with Gasteiger partial charge in [0.15, 0.2) is 0 Å². The summed E-state index contributed by atoms with van der Waals surface area (Å²) in [4.78, 5) is 12.1. The number of hydrogen-bond donors (Lipinski definition) is 2. The summed E-state index contributed by atoms with van der Waals surface area (Å²) in [7, 11) is -3.60. The molecule has 0 bridgehead atoms. The van der Waals surface area contributed by atoms with E-state index in [1.807, 2.05) is 37.3 Å². The smallest absolute Gasteiger partial charge is 0.233 e. The summed E-state index contributed by atoms with van der Waals surface area (Å²) in [6.45, 7) is 3.95. The van der Waals surface area contributed by atoms with E-state index >= 15 is 0 Å². The number of sulfonamides is 1. The normalized spacial score (nSPS) is 12.4. The third-order valence-electron chi connectivity index (χ3n) is 3.84. The minimum absolute atomic E-state index is 0.274. The lowest BCUT2D eigenvalue weighted by molar-refractivity contribution is -0.123. The highest BCUT2D eigenvalue weighted by Gasteiger charge is 2.21. The van der Waals surface area contributed by atoms with Crippen molar-refractivity contribution in [3.8, 4) is 0 Å². The van der Waals surface area contributed by atoms with Crippen LogP contribution in [-0.2, 0) is 21.2 Å². The Bertz CT molecular complexity index is 851. The van der Waals surface area contributed by atoms with Crippen molar-refractivity contribution in [2.75, 3.05) is 17.0 Å². The zero-order valence-electron chi connectivity index (χ0n) is 14.8. The predicted octanol–water partition coefficient (Wildman–Crippen LogP) is 3.39. The molecule has 2 N–H and O–H groups in total. The minimum Gasteiger partial charge on any atom is -0.356 e. The molecule has 140 valence electrons. The average molecular weight is 395 g/mol. The summed E-state index contributed by atoms with van der Waals surface area (Å²) < 4.78 is 27.0. The molecule has 0 fully saturated rings. The van der Waals surface area contributed by atoms with Crippen molar-refractivity contribution in [1.82, 2.24) is 5.32 Å². The van der Waals surface area contributed by atoms with Crippen LogP contribution in [0.25, 0.3) is 0 Å². The van der Waals surface area contributed by atoms with Crippen LogP contribution in [0.4, 0.5) is 5.69 Å². The van der Waals surface area contributed by atoms with E-state index in [2.05, 4.69) is 10.0 Å². The number of anilines is 1. The standard InChI is InChI=1S/C19H23ClN2O3S/c1-14-6-8-18(9-7-14)22-26(24,25)13-15(2)19(23)21-11-10-16-4-3-5-17(20)12-16/h3-9,12,15,22H,10-11,13H2,1-2H3,(H,21,23). The van der Waals surface area contributed by atoms with Gasteiger partial charge in [0.1, 0.15) is 0 Å². The van der Waals surface area contributed by atoms with Crippen LogP contribution in [0.3, 0.4) is 0 Å². The maximum atomic E-state index is 12.2. The first-order valence-electron chi connectivity index (χ1n) is 8.34. The summed E-state index contributed by atoms with van der Waals surface area (Å²) >= 11 is 5.92. The zero-order chi connectivity index (χ0) is 19.2. The van der Waals surface area contributed by atoms with Crippen molar-refractivity contribution in [2.45, 2.75) is 20.3 Å². The predicted molar refractivity (Wildman–Crippen MR) is 106 cm³/mol. The molecule has 2 aromatic carbocycles. The number of amides is 1. The quantitative estimate of drug-likeness (QED) is 0.720. The van der Waals surface area contributed by atoms with Gasteiger partial charge < -0.3 is 5.32 Å². The fourth-order valence-electron chi connectivity index (χ4n) is 2.44. The first kappa shape index (κ1) is 20.3. The van der Waals surface area contributed by atoms with Crippen LogP contribution < -0.4 is 10.0 Å². The van der Waals surface area contributed by atoms with Crippen molar-refractivity contribution in [3.63, 3.8) is 0 Å². The van der Waals surface area contributed by atoms with E-state index < -0.39 is 15.9 Å². The van der Waals surface area contributed by atoms with Gasteiger partial charge in [-0.1, -0.05) is 48.4 Å². The number of carbonyl (C=O) groups excluding carboxylic acids is 1. The third-order valence-corrected chi connectivity index (χ3v) is 5.56. The highest BCUT2D eigenvalue weighted by molar-refractivity contribution is 7.92. The number of benzene rings is 2. The van der Waals surface area contributed by atoms with Crippen LogP contribution in [0.5, 0.6) is 0 Å². The van der Waals surface area contributed by atoms with Gasteiger partial charge in [0.25, 0.3) is 0 Å². The van der Waals surface area contributed by atoms with Gasteiger partial charge in [-0.3, -0.25) is 9.52 Å². The summed E-state index contributed by atoms with van der Waals surface area (Å²) in [6, 6.07) is 14.5. The van der Waals surface area contributed by atoms with Gasteiger partial charge in [-0.15, -0.1) is 0 Å². The molecule has 0 aromatic heterocycles. The summed E-state index contributed by atoms with van der Waals surface area (Å²) in [5, 5.41) is 3.42. The second-order valence-electron chi connectivity index (χ2n) is 6.32. The van der Waals surface area contributed by atoms with Gasteiger partial charge in [0.2, 0.25) is 15.9 Å². The Hall–Kier alpha value is -2.05.